The highest BCUT2D eigenvalue weighted by atomic mass is 32.2. The highest BCUT2D eigenvalue weighted by molar-refractivity contribution is 8.03. The Balaban J connectivity index is 1.53. The largest absolute Gasteiger partial charge is 0.478 e. The second kappa shape index (κ2) is 9.47. The molecule has 1 aromatic carbocycles. The second-order valence-electron chi connectivity index (χ2n) is 9.07. The molecule has 0 bridgehead atoms. The summed E-state index contributed by atoms with van der Waals surface area (Å²) in [7, 11) is 0. The number of carboxylic acids is 2. The van der Waals surface area contributed by atoms with Crippen LogP contribution < -0.4 is 5.32 Å². The summed E-state index contributed by atoms with van der Waals surface area (Å²) in [5.74, 6) is -4.66. The summed E-state index contributed by atoms with van der Waals surface area (Å²) in [4.78, 5) is 63.1. The first-order valence-electron chi connectivity index (χ1n) is 11.2. The number of thioether (sulfide) groups is 1. The topological polar surface area (TPSA) is 185 Å². The Hall–Kier alpha value is -3.58. The number of carbonyl (C=O) groups excluding carboxylic acids is 2. The lowest BCUT2D eigenvalue weighted by Crippen LogP contribution is -2.63. The zero-order valence-electron chi connectivity index (χ0n) is 19.3. The van der Waals surface area contributed by atoms with Crippen LogP contribution in [0.1, 0.15) is 30.6 Å². The van der Waals surface area contributed by atoms with Gasteiger partial charge in [-0.15, -0.1) is 11.8 Å². The summed E-state index contributed by atoms with van der Waals surface area (Å²) in [6.07, 6.45) is -2.18. The highest BCUT2D eigenvalue weighted by Gasteiger charge is 2.60. The first-order chi connectivity index (χ1) is 16.9. The number of nitrogens with zero attached hydrogens (tertiary/aromatic N) is 2. The molecule has 2 fully saturated rings. The summed E-state index contributed by atoms with van der Waals surface area (Å²) >= 11 is 1.14. The van der Waals surface area contributed by atoms with Crippen molar-refractivity contribution in [2.75, 3.05) is 11.9 Å². The molecule has 192 valence electrons. The summed E-state index contributed by atoms with van der Waals surface area (Å²) in [6.45, 7) is 3.20. The third-order valence-corrected chi connectivity index (χ3v) is 8.29. The van der Waals surface area contributed by atoms with Crippen molar-refractivity contribution in [3.05, 3.63) is 40.4 Å². The van der Waals surface area contributed by atoms with Gasteiger partial charge in [-0.25, -0.2) is 14.4 Å². The molecule has 1 unspecified atom stereocenters. The van der Waals surface area contributed by atoms with E-state index in [-0.39, 0.29) is 35.8 Å². The van der Waals surface area contributed by atoms with Gasteiger partial charge in [-0.1, -0.05) is 13.0 Å². The Bertz CT molecular complexity index is 1180. The highest BCUT2D eigenvalue weighted by Crippen LogP contribution is 2.52. The molecule has 1 aromatic rings. The molecule has 0 radical (unpaired) electrons. The fraction of sp³-hybridized carbons (Fsp3) is 0.435. The Labute approximate surface area is 209 Å². The van der Waals surface area contributed by atoms with Crippen molar-refractivity contribution in [2.45, 2.75) is 43.7 Å². The monoisotopic (exact) mass is 519 g/mol. The van der Waals surface area contributed by atoms with E-state index in [0.29, 0.717) is 4.91 Å². The number of amides is 3. The van der Waals surface area contributed by atoms with Crippen molar-refractivity contribution in [2.24, 2.45) is 11.8 Å². The van der Waals surface area contributed by atoms with Gasteiger partial charge < -0.3 is 30.6 Å². The van der Waals surface area contributed by atoms with Crippen LogP contribution in [0.5, 0.6) is 0 Å². The number of anilines is 1. The van der Waals surface area contributed by atoms with Gasteiger partial charge in [0.15, 0.2) is 0 Å². The number of hydrogen-bond acceptors (Lipinski definition) is 7. The standard InChI is InChI=1S/C23H25N3O9S/c1-9-16-15(10(2)27)20(29)26(16)17(22(32)33)18(9)36-13-7-14(25(8-13)23(34)35)19(28)24-12-5-3-4-11(6-12)21(30)31/h3-6,9-10,13-16,27H,7-8H2,1-2H3,(H,24,28)(H,30,31)(H,32,33)(H,34,35)/t9-,10-,13?,14+,15-,16-/m1/s1. The van der Waals surface area contributed by atoms with E-state index in [9.17, 15) is 39.3 Å². The van der Waals surface area contributed by atoms with Gasteiger partial charge in [-0.05, 0) is 31.5 Å². The number of β-lactam (4-membered cyclic amide) rings is 1. The molecule has 3 aliphatic rings. The van der Waals surface area contributed by atoms with Gasteiger partial charge in [0.2, 0.25) is 11.8 Å². The Kier molecular flexibility index (Phi) is 6.71. The second-order valence-corrected chi connectivity index (χ2v) is 10.4. The Morgan fingerprint density at radius 1 is 1.14 bits per heavy atom. The third kappa shape index (κ3) is 4.28. The fourth-order valence-corrected chi connectivity index (χ4v) is 6.68. The van der Waals surface area contributed by atoms with Gasteiger partial charge in [-0.2, -0.15) is 0 Å². The predicted molar refractivity (Wildman–Crippen MR) is 126 cm³/mol. The molecule has 3 aliphatic heterocycles. The van der Waals surface area contributed by atoms with E-state index in [0.717, 1.165) is 16.7 Å². The first-order valence-corrected chi connectivity index (χ1v) is 12.1. The first kappa shape index (κ1) is 25.5. The SMILES string of the molecule is C[C@@H](O)[C@H]1C(=O)N2C(C(=O)O)=C(SC3C[C@@H](C(=O)Nc4cccc(C(=O)O)c4)N(C(=O)O)C3)[C@H](C)[C@H]12. The smallest absolute Gasteiger partial charge is 0.408 e. The van der Waals surface area contributed by atoms with Crippen LogP contribution in [-0.4, -0.2) is 90.1 Å². The van der Waals surface area contributed by atoms with Crippen molar-refractivity contribution in [3.63, 3.8) is 0 Å². The van der Waals surface area contributed by atoms with Crippen molar-refractivity contribution in [3.8, 4) is 0 Å². The summed E-state index contributed by atoms with van der Waals surface area (Å²) in [6, 6.07) is 3.98. The average Bonchev–Trinajstić information content (AvgIpc) is 3.32. The molecular weight excluding hydrogens is 494 g/mol. The molecule has 0 saturated carbocycles. The maximum Gasteiger partial charge on any atom is 0.408 e. The van der Waals surface area contributed by atoms with E-state index in [1.165, 1.54) is 36.1 Å². The molecule has 13 heteroatoms. The number of carboxylic acid groups (broad SMARTS) is 3. The molecule has 0 aliphatic carbocycles. The number of rotatable bonds is 7. The summed E-state index contributed by atoms with van der Waals surface area (Å²) in [5.41, 5.74) is -0.00544. The van der Waals surface area contributed by atoms with Gasteiger partial charge in [0.25, 0.3) is 0 Å². The minimum atomic E-state index is -1.32. The molecule has 5 N–H and O–H groups in total. The third-order valence-electron chi connectivity index (χ3n) is 6.79. The number of aliphatic carboxylic acids is 1. The lowest BCUT2D eigenvalue weighted by molar-refractivity contribution is -0.163. The number of benzene rings is 1. The van der Waals surface area contributed by atoms with Crippen molar-refractivity contribution < 1.29 is 44.4 Å². The molecule has 4 rings (SSSR count). The number of carbonyl (C=O) groups is 5. The van der Waals surface area contributed by atoms with E-state index in [1.54, 1.807) is 6.92 Å². The van der Waals surface area contributed by atoms with Gasteiger partial charge >= 0.3 is 18.0 Å². The number of aliphatic hydroxyl groups excluding tert-OH is 1. The van der Waals surface area contributed by atoms with Crippen molar-refractivity contribution in [1.29, 1.82) is 0 Å². The van der Waals surface area contributed by atoms with E-state index >= 15 is 0 Å². The number of fused-ring (bicyclic) bond motifs is 1. The molecule has 0 spiro atoms. The number of hydrogen-bond donors (Lipinski definition) is 5. The molecular formula is C23H25N3O9S. The van der Waals surface area contributed by atoms with Crippen LogP contribution in [0, 0.1) is 11.8 Å². The molecule has 0 aromatic heterocycles. The number of aromatic carboxylic acids is 1. The molecule has 3 amide bonds. The fourth-order valence-electron chi connectivity index (χ4n) is 5.16. The van der Waals surface area contributed by atoms with Gasteiger partial charge in [0, 0.05) is 28.3 Å². The van der Waals surface area contributed by atoms with Crippen LogP contribution in [0.15, 0.2) is 34.9 Å². The number of aliphatic hydroxyl groups is 1. The summed E-state index contributed by atoms with van der Waals surface area (Å²) in [5, 5.41) is 40.7. The average molecular weight is 520 g/mol. The van der Waals surface area contributed by atoms with Crippen LogP contribution in [0.4, 0.5) is 10.5 Å². The molecule has 36 heavy (non-hydrogen) atoms. The lowest BCUT2D eigenvalue weighted by Gasteiger charge is -2.46. The quantitative estimate of drug-likeness (QED) is 0.329. The van der Waals surface area contributed by atoms with Crippen LogP contribution in [0.3, 0.4) is 0 Å². The zero-order chi connectivity index (χ0) is 26.5. The van der Waals surface area contributed by atoms with E-state index in [1.807, 2.05) is 0 Å². The Morgan fingerprint density at radius 3 is 2.42 bits per heavy atom. The minimum Gasteiger partial charge on any atom is -0.478 e. The molecule has 6 atom stereocenters. The minimum absolute atomic E-state index is 0.0409. The van der Waals surface area contributed by atoms with E-state index < -0.39 is 59.2 Å². The van der Waals surface area contributed by atoms with E-state index in [4.69, 9.17) is 5.11 Å². The normalized spacial score (nSPS) is 28.0. The molecule has 2 saturated heterocycles. The zero-order valence-corrected chi connectivity index (χ0v) is 20.1. The van der Waals surface area contributed by atoms with Crippen LogP contribution in [0.2, 0.25) is 0 Å². The Morgan fingerprint density at radius 2 is 1.83 bits per heavy atom. The molecule has 3 heterocycles. The van der Waals surface area contributed by atoms with Crippen molar-refractivity contribution >= 4 is 47.3 Å². The van der Waals surface area contributed by atoms with Crippen LogP contribution in [0.25, 0.3) is 0 Å². The number of nitrogens with one attached hydrogen (secondary N) is 1. The van der Waals surface area contributed by atoms with Crippen LogP contribution in [-0.2, 0) is 14.4 Å². The van der Waals surface area contributed by atoms with Gasteiger partial charge in [0.05, 0.1) is 23.6 Å². The number of likely N-dealkylation sites (tertiary alicyclic amines) is 1. The predicted octanol–water partition coefficient (Wildman–Crippen LogP) is 1.33. The van der Waals surface area contributed by atoms with Gasteiger partial charge in [-0.3, -0.25) is 14.5 Å². The van der Waals surface area contributed by atoms with Crippen LogP contribution >= 0.6 is 11.8 Å². The maximum atomic E-state index is 12.9. The van der Waals surface area contributed by atoms with Gasteiger partial charge in [0.1, 0.15) is 11.7 Å². The lowest BCUT2D eigenvalue weighted by atomic mass is 9.79. The summed E-state index contributed by atoms with van der Waals surface area (Å²) < 4.78 is 0. The molecule has 12 nitrogen and oxygen atoms in total. The van der Waals surface area contributed by atoms with Crippen molar-refractivity contribution in [1.82, 2.24) is 9.80 Å². The van der Waals surface area contributed by atoms with E-state index in [2.05, 4.69) is 5.32 Å². The maximum absolute atomic E-state index is 12.9.